The molecule has 2 saturated heterocycles. The normalized spacial score (nSPS) is 27.3. The van der Waals surface area contributed by atoms with Gasteiger partial charge in [-0.05, 0) is 50.8 Å². The van der Waals surface area contributed by atoms with Crippen molar-refractivity contribution in [2.75, 3.05) is 26.2 Å². The third kappa shape index (κ3) is 4.98. The summed E-state index contributed by atoms with van der Waals surface area (Å²) in [5.74, 6) is -0.0440. The van der Waals surface area contributed by atoms with E-state index in [4.69, 9.17) is 4.74 Å². The Morgan fingerprint density at radius 2 is 2.11 bits per heavy atom. The van der Waals surface area contributed by atoms with Crippen molar-refractivity contribution in [3.63, 3.8) is 0 Å². The molecule has 1 aromatic rings. The number of hydrogen-bond acceptors (Lipinski definition) is 4. The summed E-state index contributed by atoms with van der Waals surface area (Å²) < 4.78 is 5.89. The van der Waals surface area contributed by atoms with Crippen LogP contribution in [0.1, 0.15) is 51.7 Å². The lowest BCUT2D eigenvalue weighted by molar-refractivity contribution is -0.140. The summed E-state index contributed by atoms with van der Waals surface area (Å²) in [6.07, 6.45) is 7.61. The zero-order chi connectivity index (χ0) is 20.1. The highest BCUT2D eigenvalue weighted by Crippen LogP contribution is 2.37. The fourth-order valence-corrected chi connectivity index (χ4v) is 4.22. The van der Waals surface area contributed by atoms with Crippen LogP contribution in [0, 0.1) is 11.3 Å². The molecule has 2 aliphatic heterocycles. The molecule has 0 aliphatic carbocycles. The summed E-state index contributed by atoms with van der Waals surface area (Å²) >= 11 is 0. The van der Waals surface area contributed by atoms with Gasteiger partial charge in [0.25, 0.3) is 0 Å². The predicted octanol–water partition coefficient (Wildman–Crippen LogP) is 2.87. The molecule has 152 valence electrons. The minimum absolute atomic E-state index is 0.0633. The molecule has 0 bridgehead atoms. The van der Waals surface area contributed by atoms with E-state index < -0.39 is 0 Å². The maximum atomic E-state index is 13.3. The molecule has 2 aliphatic rings. The van der Waals surface area contributed by atoms with E-state index in [1.807, 2.05) is 30.9 Å². The van der Waals surface area contributed by atoms with Gasteiger partial charge in [-0.1, -0.05) is 12.5 Å². The molecule has 28 heavy (non-hydrogen) atoms. The molecule has 6 nitrogen and oxygen atoms in total. The Bertz CT molecular complexity index is 730. The van der Waals surface area contributed by atoms with Gasteiger partial charge >= 0.3 is 0 Å². The van der Waals surface area contributed by atoms with E-state index in [1.54, 1.807) is 18.5 Å². The van der Waals surface area contributed by atoms with E-state index in [2.05, 4.69) is 17.2 Å². The van der Waals surface area contributed by atoms with Crippen molar-refractivity contribution in [3.8, 4) is 0 Å². The van der Waals surface area contributed by atoms with E-state index in [0.717, 1.165) is 36.9 Å². The van der Waals surface area contributed by atoms with Crippen molar-refractivity contribution in [2.45, 2.75) is 46.1 Å². The number of likely N-dealkylation sites (tertiary alicyclic amines) is 1. The van der Waals surface area contributed by atoms with Crippen LogP contribution in [0.2, 0.25) is 0 Å². The average Bonchev–Trinajstić information content (AvgIpc) is 3.16. The van der Waals surface area contributed by atoms with Gasteiger partial charge in [-0.2, -0.15) is 0 Å². The van der Waals surface area contributed by atoms with Crippen molar-refractivity contribution < 1.29 is 14.3 Å². The Hall–Kier alpha value is -2.21. The van der Waals surface area contributed by atoms with E-state index in [1.165, 1.54) is 0 Å². The van der Waals surface area contributed by atoms with Gasteiger partial charge in [-0.25, -0.2) is 0 Å². The van der Waals surface area contributed by atoms with E-state index in [9.17, 15) is 9.59 Å². The average molecular weight is 386 g/mol. The highest BCUT2D eigenvalue weighted by Gasteiger charge is 2.41. The monoisotopic (exact) mass is 385 g/mol. The highest BCUT2D eigenvalue weighted by atomic mass is 16.5. The smallest absolute Gasteiger partial charge is 0.243 e. The SMILES string of the molecule is CC(C)=CC(=O)NCC1(C)CCCN(C(=O)[C@@H]2CCO[C@H]2c2ccncc2)C1. The van der Waals surface area contributed by atoms with Crippen molar-refractivity contribution in [1.82, 2.24) is 15.2 Å². The first kappa shape index (κ1) is 20.5. The number of aromatic nitrogens is 1. The van der Waals surface area contributed by atoms with Crippen LogP contribution >= 0.6 is 0 Å². The number of nitrogens with one attached hydrogen (secondary N) is 1. The van der Waals surface area contributed by atoms with Gasteiger partial charge in [0.1, 0.15) is 0 Å². The number of piperidine rings is 1. The molecular formula is C22H31N3O3. The predicted molar refractivity (Wildman–Crippen MR) is 107 cm³/mol. The van der Waals surface area contributed by atoms with Crippen LogP contribution in [0.3, 0.4) is 0 Å². The molecule has 0 spiro atoms. The van der Waals surface area contributed by atoms with Crippen molar-refractivity contribution >= 4 is 11.8 Å². The number of pyridine rings is 1. The third-order valence-corrected chi connectivity index (χ3v) is 5.65. The zero-order valence-corrected chi connectivity index (χ0v) is 17.1. The summed E-state index contributed by atoms with van der Waals surface area (Å²) in [6.45, 7) is 8.59. The lowest BCUT2D eigenvalue weighted by atomic mass is 9.81. The highest BCUT2D eigenvalue weighted by molar-refractivity contribution is 5.88. The van der Waals surface area contributed by atoms with Gasteiger partial charge in [-0.3, -0.25) is 14.6 Å². The lowest BCUT2D eigenvalue weighted by Crippen LogP contribution is -2.51. The lowest BCUT2D eigenvalue weighted by Gasteiger charge is -2.41. The van der Waals surface area contributed by atoms with Gasteiger partial charge in [-0.15, -0.1) is 0 Å². The van der Waals surface area contributed by atoms with Crippen LogP contribution in [0.4, 0.5) is 0 Å². The van der Waals surface area contributed by atoms with Crippen LogP contribution in [-0.2, 0) is 14.3 Å². The Morgan fingerprint density at radius 3 is 2.82 bits per heavy atom. The maximum Gasteiger partial charge on any atom is 0.243 e. The molecule has 3 atom stereocenters. The molecule has 6 heteroatoms. The second kappa shape index (κ2) is 8.86. The van der Waals surface area contributed by atoms with Crippen LogP contribution < -0.4 is 5.32 Å². The molecular weight excluding hydrogens is 354 g/mol. The quantitative estimate of drug-likeness (QED) is 0.791. The third-order valence-electron chi connectivity index (χ3n) is 5.65. The number of rotatable bonds is 5. The first-order valence-corrected chi connectivity index (χ1v) is 10.1. The van der Waals surface area contributed by atoms with E-state index in [0.29, 0.717) is 19.7 Å². The molecule has 0 saturated carbocycles. The fraction of sp³-hybridized carbons (Fsp3) is 0.591. The molecule has 3 heterocycles. The number of hydrogen-bond donors (Lipinski definition) is 1. The topological polar surface area (TPSA) is 71.5 Å². The maximum absolute atomic E-state index is 13.3. The molecule has 2 amide bonds. The first-order valence-electron chi connectivity index (χ1n) is 10.1. The summed E-state index contributed by atoms with van der Waals surface area (Å²) in [5, 5.41) is 3.00. The van der Waals surface area contributed by atoms with Gasteiger partial charge in [0.05, 0.1) is 12.0 Å². The number of carbonyl (C=O) groups is 2. The molecule has 2 fully saturated rings. The second-order valence-corrected chi connectivity index (χ2v) is 8.58. The summed E-state index contributed by atoms with van der Waals surface area (Å²) in [7, 11) is 0. The molecule has 1 aromatic heterocycles. The Morgan fingerprint density at radius 1 is 1.36 bits per heavy atom. The summed E-state index contributed by atoms with van der Waals surface area (Å²) in [5.41, 5.74) is 1.89. The number of allylic oxidation sites excluding steroid dienone is 1. The van der Waals surface area contributed by atoms with Gasteiger partial charge < -0.3 is 15.0 Å². The number of nitrogens with zero attached hydrogens (tertiary/aromatic N) is 2. The zero-order valence-electron chi connectivity index (χ0n) is 17.1. The van der Waals surface area contributed by atoms with Crippen molar-refractivity contribution in [2.24, 2.45) is 11.3 Å². The van der Waals surface area contributed by atoms with Crippen LogP contribution in [-0.4, -0.2) is 47.9 Å². The molecule has 1 unspecified atom stereocenters. The number of amides is 2. The molecule has 0 radical (unpaired) electrons. The Balaban J connectivity index is 1.63. The van der Waals surface area contributed by atoms with Crippen molar-refractivity contribution in [3.05, 3.63) is 41.7 Å². The van der Waals surface area contributed by atoms with Gasteiger partial charge in [0.2, 0.25) is 11.8 Å². The summed E-state index contributed by atoms with van der Waals surface area (Å²) in [6, 6.07) is 3.85. The molecule has 3 rings (SSSR count). The van der Waals surface area contributed by atoms with Crippen LogP contribution in [0.5, 0.6) is 0 Å². The summed E-state index contributed by atoms with van der Waals surface area (Å²) in [4.78, 5) is 31.3. The van der Waals surface area contributed by atoms with E-state index >= 15 is 0 Å². The largest absolute Gasteiger partial charge is 0.373 e. The van der Waals surface area contributed by atoms with Crippen LogP contribution in [0.25, 0.3) is 0 Å². The van der Waals surface area contributed by atoms with Gasteiger partial charge in [0, 0.05) is 50.1 Å². The molecule has 1 N–H and O–H groups in total. The van der Waals surface area contributed by atoms with Crippen LogP contribution in [0.15, 0.2) is 36.2 Å². The Kier molecular flexibility index (Phi) is 6.50. The number of carbonyl (C=O) groups excluding carboxylic acids is 2. The second-order valence-electron chi connectivity index (χ2n) is 8.58. The fourth-order valence-electron chi connectivity index (χ4n) is 4.22. The Labute approximate surface area is 167 Å². The number of ether oxygens (including phenoxy) is 1. The molecule has 0 aromatic carbocycles. The minimum atomic E-state index is -0.193. The van der Waals surface area contributed by atoms with Crippen molar-refractivity contribution in [1.29, 1.82) is 0 Å². The minimum Gasteiger partial charge on any atom is -0.373 e. The van der Waals surface area contributed by atoms with E-state index in [-0.39, 0.29) is 29.3 Å². The van der Waals surface area contributed by atoms with Gasteiger partial charge in [0.15, 0.2) is 0 Å². The first-order chi connectivity index (χ1) is 13.4. The standard InChI is InChI=1S/C22H31N3O3/c1-16(2)13-19(26)24-14-22(3)8-4-11-25(15-22)21(27)18-7-12-28-20(18)17-5-9-23-10-6-17/h5-6,9-10,13,18,20H,4,7-8,11-12,14-15H2,1-3H3,(H,24,26)/t18-,20+,22?/m1/s1.